The molecular weight excluding hydrogens is 434 g/mol. The zero-order valence-corrected chi connectivity index (χ0v) is 19.3. The Morgan fingerprint density at radius 3 is 2.55 bits per heavy atom. The maximum Gasteiger partial charge on any atom is 0.244 e. The van der Waals surface area contributed by atoms with Crippen LogP contribution in [-0.2, 0) is 17.1 Å². The van der Waals surface area contributed by atoms with Gasteiger partial charge in [0, 0.05) is 56.5 Å². The topological polar surface area (TPSA) is 80.1 Å². The van der Waals surface area contributed by atoms with Crippen LogP contribution in [0.4, 0.5) is 11.4 Å². The summed E-state index contributed by atoms with van der Waals surface area (Å²) in [6, 6.07) is 19.1. The van der Waals surface area contributed by atoms with Crippen molar-refractivity contribution in [2.24, 2.45) is 7.05 Å². The summed E-state index contributed by atoms with van der Waals surface area (Å²) in [6.07, 6.45) is 5.37. The molecule has 0 saturated heterocycles. The third kappa shape index (κ3) is 3.73. The van der Waals surface area contributed by atoms with Gasteiger partial charge in [0.05, 0.1) is 16.7 Å². The zero-order valence-electron chi connectivity index (χ0n) is 18.5. The van der Waals surface area contributed by atoms with Crippen LogP contribution in [0.5, 0.6) is 0 Å². The first-order valence-corrected chi connectivity index (χ1v) is 11.9. The van der Waals surface area contributed by atoms with Crippen molar-refractivity contribution in [3.63, 3.8) is 0 Å². The fourth-order valence-corrected chi connectivity index (χ4v) is 4.98. The summed E-state index contributed by atoms with van der Waals surface area (Å²) >= 11 is 0. The molecule has 2 aromatic heterocycles. The predicted molar refractivity (Wildman–Crippen MR) is 132 cm³/mol. The number of hydrogen-bond donors (Lipinski definition) is 1. The summed E-state index contributed by atoms with van der Waals surface area (Å²) in [5.74, 6) is 0. The standard InChI is InChI=1S/C25H23N5O2S/c1-29(2)33(31,32)24-7-5-4-6-21(24)28-19-15-20(25-22(16-19)26-11-12-27-25)18-9-8-17-10-13-30(3)23(17)14-18/h4-16,28H,1-3H3. The molecule has 5 aromatic rings. The molecular formula is C25H23N5O2S. The number of hydrogen-bond acceptors (Lipinski definition) is 5. The minimum atomic E-state index is -3.62. The highest BCUT2D eigenvalue weighted by Crippen LogP contribution is 2.34. The van der Waals surface area contributed by atoms with E-state index in [1.165, 1.54) is 18.4 Å². The maximum absolute atomic E-state index is 12.8. The van der Waals surface area contributed by atoms with Gasteiger partial charge in [-0.1, -0.05) is 24.3 Å². The van der Waals surface area contributed by atoms with E-state index in [1.54, 1.807) is 30.6 Å². The van der Waals surface area contributed by atoms with E-state index in [4.69, 9.17) is 0 Å². The van der Waals surface area contributed by atoms with Crippen molar-refractivity contribution in [2.75, 3.05) is 19.4 Å². The van der Waals surface area contributed by atoms with Gasteiger partial charge in [0.1, 0.15) is 4.90 Å². The van der Waals surface area contributed by atoms with E-state index in [2.05, 4.69) is 44.1 Å². The molecule has 0 aliphatic heterocycles. The number of sulfonamides is 1. The van der Waals surface area contributed by atoms with Gasteiger partial charge < -0.3 is 9.88 Å². The second-order valence-corrected chi connectivity index (χ2v) is 10.2. The molecule has 0 saturated carbocycles. The second-order valence-electron chi connectivity index (χ2n) is 8.06. The smallest absolute Gasteiger partial charge is 0.244 e. The average molecular weight is 458 g/mol. The Labute approximate surface area is 192 Å². The van der Waals surface area contributed by atoms with Crippen molar-refractivity contribution in [3.05, 3.63) is 79.3 Å². The molecule has 0 bridgehead atoms. The Balaban J connectivity index is 1.67. The number of aryl methyl sites for hydroxylation is 1. The number of anilines is 2. The van der Waals surface area contributed by atoms with Crippen molar-refractivity contribution in [1.29, 1.82) is 0 Å². The first kappa shape index (κ1) is 21.1. The largest absolute Gasteiger partial charge is 0.354 e. The van der Waals surface area contributed by atoms with Gasteiger partial charge in [-0.2, -0.15) is 0 Å². The molecule has 0 spiro atoms. The van der Waals surface area contributed by atoms with Crippen LogP contribution in [0.3, 0.4) is 0 Å². The molecule has 0 aliphatic rings. The number of nitrogens with zero attached hydrogens (tertiary/aromatic N) is 4. The Morgan fingerprint density at radius 1 is 0.939 bits per heavy atom. The second kappa shape index (κ2) is 7.99. The quantitative estimate of drug-likeness (QED) is 0.411. The Hall–Kier alpha value is -3.75. The van der Waals surface area contributed by atoms with Crippen LogP contribution in [0.25, 0.3) is 33.1 Å². The zero-order chi connectivity index (χ0) is 23.2. The van der Waals surface area contributed by atoms with Gasteiger partial charge in [0.15, 0.2) is 0 Å². The van der Waals surface area contributed by atoms with Gasteiger partial charge in [-0.3, -0.25) is 9.97 Å². The molecule has 166 valence electrons. The number of rotatable bonds is 5. The molecule has 8 heteroatoms. The van der Waals surface area contributed by atoms with E-state index in [-0.39, 0.29) is 4.90 Å². The van der Waals surface area contributed by atoms with Crippen LogP contribution in [0.1, 0.15) is 0 Å². The number of benzene rings is 3. The Kier molecular flexibility index (Phi) is 5.11. The SMILES string of the molecule is CN(C)S(=O)(=O)c1ccccc1Nc1cc(-c2ccc3ccn(C)c3c2)c2nccnc2c1. The molecule has 0 radical (unpaired) electrons. The number of aromatic nitrogens is 3. The number of fused-ring (bicyclic) bond motifs is 2. The summed E-state index contributed by atoms with van der Waals surface area (Å²) < 4.78 is 29.0. The minimum absolute atomic E-state index is 0.209. The van der Waals surface area contributed by atoms with E-state index >= 15 is 0 Å². The molecule has 7 nitrogen and oxygen atoms in total. The van der Waals surface area contributed by atoms with E-state index in [0.717, 1.165) is 38.8 Å². The van der Waals surface area contributed by atoms with Crippen molar-refractivity contribution < 1.29 is 8.42 Å². The lowest BCUT2D eigenvalue weighted by molar-refractivity contribution is 0.521. The normalized spacial score (nSPS) is 12.0. The molecule has 0 unspecified atom stereocenters. The molecule has 3 aromatic carbocycles. The highest BCUT2D eigenvalue weighted by molar-refractivity contribution is 7.89. The van der Waals surface area contributed by atoms with Gasteiger partial charge in [-0.15, -0.1) is 0 Å². The average Bonchev–Trinajstić information content (AvgIpc) is 3.19. The summed E-state index contributed by atoms with van der Waals surface area (Å²) in [7, 11) is 1.45. The first-order valence-electron chi connectivity index (χ1n) is 10.4. The van der Waals surface area contributed by atoms with Crippen molar-refractivity contribution in [1.82, 2.24) is 18.8 Å². The van der Waals surface area contributed by atoms with Gasteiger partial charge in [0.2, 0.25) is 10.0 Å². The van der Waals surface area contributed by atoms with E-state index in [1.807, 2.05) is 31.4 Å². The van der Waals surface area contributed by atoms with Crippen LogP contribution < -0.4 is 5.32 Å². The van der Waals surface area contributed by atoms with Gasteiger partial charge >= 0.3 is 0 Å². The van der Waals surface area contributed by atoms with Crippen LogP contribution in [-0.4, -0.2) is 41.4 Å². The maximum atomic E-state index is 12.8. The van der Waals surface area contributed by atoms with Crippen LogP contribution in [0.2, 0.25) is 0 Å². The van der Waals surface area contributed by atoms with Crippen molar-refractivity contribution in [3.8, 4) is 11.1 Å². The minimum Gasteiger partial charge on any atom is -0.354 e. The summed E-state index contributed by atoms with van der Waals surface area (Å²) in [6.45, 7) is 0. The highest BCUT2D eigenvalue weighted by Gasteiger charge is 2.21. The monoisotopic (exact) mass is 457 g/mol. The highest BCUT2D eigenvalue weighted by atomic mass is 32.2. The van der Waals surface area contributed by atoms with Crippen LogP contribution >= 0.6 is 0 Å². The van der Waals surface area contributed by atoms with Gasteiger partial charge in [0.25, 0.3) is 0 Å². The number of para-hydroxylation sites is 1. The fourth-order valence-electron chi connectivity index (χ4n) is 3.94. The molecule has 1 N–H and O–H groups in total. The van der Waals surface area contributed by atoms with Crippen molar-refractivity contribution >= 4 is 43.3 Å². The third-order valence-corrected chi connectivity index (χ3v) is 7.57. The molecule has 0 amide bonds. The molecule has 2 heterocycles. The predicted octanol–water partition coefficient (Wildman–Crippen LogP) is 4.78. The van der Waals surface area contributed by atoms with Crippen LogP contribution in [0, 0.1) is 0 Å². The molecule has 0 aliphatic carbocycles. The lowest BCUT2D eigenvalue weighted by Gasteiger charge is -2.17. The van der Waals surface area contributed by atoms with Gasteiger partial charge in [-0.25, -0.2) is 12.7 Å². The molecule has 5 rings (SSSR count). The lowest BCUT2D eigenvalue weighted by atomic mass is 10.0. The summed E-state index contributed by atoms with van der Waals surface area (Å²) in [5.41, 5.74) is 5.77. The Bertz CT molecular complexity index is 1610. The van der Waals surface area contributed by atoms with Crippen LogP contribution in [0.15, 0.2) is 84.1 Å². The third-order valence-electron chi connectivity index (χ3n) is 5.70. The van der Waals surface area contributed by atoms with Gasteiger partial charge in [-0.05, 0) is 47.3 Å². The van der Waals surface area contributed by atoms with E-state index in [0.29, 0.717) is 5.69 Å². The first-order chi connectivity index (χ1) is 15.8. The van der Waals surface area contributed by atoms with E-state index in [9.17, 15) is 8.42 Å². The molecule has 33 heavy (non-hydrogen) atoms. The van der Waals surface area contributed by atoms with E-state index < -0.39 is 10.0 Å². The summed E-state index contributed by atoms with van der Waals surface area (Å²) in [5, 5.41) is 4.46. The fraction of sp³-hybridized carbons (Fsp3) is 0.120. The van der Waals surface area contributed by atoms with Crippen molar-refractivity contribution in [2.45, 2.75) is 4.90 Å². The molecule has 0 fully saturated rings. The Morgan fingerprint density at radius 2 is 1.73 bits per heavy atom. The molecule has 0 atom stereocenters. The lowest BCUT2D eigenvalue weighted by Crippen LogP contribution is -2.23. The summed E-state index contributed by atoms with van der Waals surface area (Å²) in [4.78, 5) is 9.29. The number of nitrogens with one attached hydrogen (secondary N) is 1.